The lowest BCUT2D eigenvalue weighted by atomic mass is 9.99. The van der Waals surface area contributed by atoms with E-state index in [0.717, 1.165) is 5.56 Å². The molecule has 0 aromatic heterocycles. The largest absolute Gasteiger partial charge is 0.480 e. The van der Waals surface area contributed by atoms with Crippen molar-refractivity contribution >= 4 is 11.9 Å². The molecule has 0 aliphatic rings. The summed E-state index contributed by atoms with van der Waals surface area (Å²) in [6, 6.07) is 8.46. The van der Waals surface area contributed by atoms with Gasteiger partial charge in [0, 0.05) is 0 Å². The predicted molar refractivity (Wildman–Crippen MR) is 69.2 cm³/mol. The zero-order valence-corrected chi connectivity index (χ0v) is 10.7. The summed E-state index contributed by atoms with van der Waals surface area (Å²) in [5, 5.41) is 11.7. The van der Waals surface area contributed by atoms with Crippen molar-refractivity contribution in [3.8, 4) is 0 Å². The highest BCUT2D eigenvalue weighted by molar-refractivity contribution is 5.85. The number of carbonyl (C=O) groups is 2. The van der Waals surface area contributed by atoms with Crippen LogP contribution in [0.3, 0.4) is 0 Å². The van der Waals surface area contributed by atoms with E-state index >= 15 is 0 Å². The Balaban J connectivity index is 2.60. The highest BCUT2D eigenvalue weighted by Crippen LogP contribution is 2.08. The Morgan fingerprint density at radius 3 is 2.39 bits per heavy atom. The van der Waals surface area contributed by atoms with Gasteiger partial charge in [-0.05, 0) is 11.5 Å². The fourth-order valence-corrected chi connectivity index (χ4v) is 1.69. The van der Waals surface area contributed by atoms with Crippen molar-refractivity contribution in [3.05, 3.63) is 35.9 Å². The quantitative estimate of drug-likeness (QED) is 0.808. The molecule has 0 radical (unpaired) electrons. The second kappa shape index (κ2) is 6.79. The maximum absolute atomic E-state index is 11.8. The molecule has 0 aliphatic heterocycles. The van der Waals surface area contributed by atoms with Crippen molar-refractivity contribution < 1.29 is 14.7 Å². The molecule has 0 fully saturated rings. The van der Waals surface area contributed by atoms with Gasteiger partial charge in [0.25, 0.3) is 0 Å². The summed E-state index contributed by atoms with van der Waals surface area (Å²) in [5.74, 6) is -1.32. The minimum Gasteiger partial charge on any atom is -0.480 e. The molecular weight excluding hydrogens is 230 g/mol. The molecule has 0 aliphatic carbocycles. The maximum atomic E-state index is 11.8. The second-order valence-corrected chi connectivity index (χ2v) is 4.43. The summed E-state index contributed by atoms with van der Waals surface area (Å²) in [7, 11) is 0. The SMILES string of the molecule is CC[C@@H](C)[C@H](NC(=O)Cc1ccccc1)C(=O)O. The first-order valence-electron chi connectivity index (χ1n) is 6.10. The summed E-state index contributed by atoms with van der Waals surface area (Å²) < 4.78 is 0. The number of hydrogen-bond acceptors (Lipinski definition) is 2. The van der Waals surface area contributed by atoms with Gasteiger partial charge in [-0.2, -0.15) is 0 Å². The van der Waals surface area contributed by atoms with Crippen molar-refractivity contribution in [2.24, 2.45) is 5.92 Å². The highest BCUT2D eigenvalue weighted by atomic mass is 16.4. The van der Waals surface area contributed by atoms with Gasteiger partial charge in [0.05, 0.1) is 6.42 Å². The smallest absolute Gasteiger partial charge is 0.326 e. The van der Waals surface area contributed by atoms with Crippen molar-refractivity contribution in [2.75, 3.05) is 0 Å². The van der Waals surface area contributed by atoms with Gasteiger partial charge in [-0.1, -0.05) is 50.6 Å². The van der Waals surface area contributed by atoms with Crippen molar-refractivity contribution in [1.82, 2.24) is 5.32 Å². The number of benzene rings is 1. The first-order chi connectivity index (χ1) is 8.54. The van der Waals surface area contributed by atoms with Gasteiger partial charge in [0.15, 0.2) is 0 Å². The van der Waals surface area contributed by atoms with E-state index in [2.05, 4.69) is 5.32 Å². The number of aliphatic carboxylic acids is 1. The molecule has 1 amide bonds. The van der Waals surface area contributed by atoms with Crippen LogP contribution in [0.2, 0.25) is 0 Å². The first-order valence-corrected chi connectivity index (χ1v) is 6.10. The van der Waals surface area contributed by atoms with Crippen molar-refractivity contribution in [1.29, 1.82) is 0 Å². The number of rotatable bonds is 6. The first kappa shape index (κ1) is 14.2. The average Bonchev–Trinajstić information content (AvgIpc) is 2.36. The number of amides is 1. The molecule has 0 unspecified atom stereocenters. The Morgan fingerprint density at radius 2 is 1.89 bits per heavy atom. The van der Waals surface area contributed by atoms with E-state index in [-0.39, 0.29) is 18.2 Å². The average molecular weight is 249 g/mol. The van der Waals surface area contributed by atoms with Crippen LogP contribution < -0.4 is 5.32 Å². The molecule has 1 rings (SSSR count). The number of hydrogen-bond donors (Lipinski definition) is 2. The van der Waals surface area contributed by atoms with Crippen LogP contribution in [0.4, 0.5) is 0 Å². The van der Waals surface area contributed by atoms with E-state index in [4.69, 9.17) is 5.11 Å². The maximum Gasteiger partial charge on any atom is 0.326 e. The molecule has 2 N–H and O–H groups in total. The van der Waals surface area contributed by atoms with Crippen LogP contribution in [-0.4, -0.2) is 23.0 Å². The lowest BCUT2D eigenvalue weighted by molar-refractivity contribution is -0.143. The monoisotopic (exact) mass is 249 g/mol. The van der Waals surface area contributed by atoms with Crippen molar-refractivity contribution in [3.63, 3.8) is 0 Å². The third-order valence-corrected chi connectivity index (χ3v) is 3.00. The topological polar surface area (TPSA) is 66.4 Å². The third kappa shape index (κ3) is 4.20. The molecule has 18 heavy (non-hydrogen) atoms. The van der Waals surface area contributed by atoms with E-state index in [1.807, 2.05) is 44.2 Å². The zero-order valence-electron chi connectivity index (χ0n) is 10.7. The van der Waals surface area contributed by atoms with Gasteiger partial charge in [-0.3, -0.25) is 4.79 Å². The highest BCUT2D eigenvalue weighted by Gasteiger charge is 2.24. The molecule has 1 aromatic carbocycles. The fraction of sp³-hybridized carbons (Fsp3) is 0.429. The molecule has 4 nitrogen and oxygen atoms in total. The van der Waals surface area contributed by atoms with Crippen LogP contribution in [0.1, 0.15) is 25.8 Å². The molecule has 98 valence electrons. The van der Waals surface area contributed by atoms with Gasteiger partial charge in [0.1, 0.15) is 6.04 Å². The summed E-state index contributed by atoms with van der Waals surface area (Å²) in [6.45, 7) is 3.73. The van der Waals surface area contributed by atoms with Crippen LogP contribution in [0.15, 0.2) is 30.3 Å². The van der Waals surface area contributed by atoms with Crippen LogP contribution >= 0.6 is 0 Å². The number of carboxylic acid groups (broad SMARTS) is 1. The Labute approximate surface area is 107 Å². The minimum absolute atomic E-state index is 0.0813. The molecule has 0 saturated carbocycles. The predicted octanol–water partition coefficient (Wildman–Crippen LogP) is 1.84. The van der Waals surface area contributed by atoms with Gasteiger partial charge < -0.3 is 10.4 Å². The summed E-state index contributed by atoms with van der Waals surface area (Å²) in [5.41, 5.74) is 0.878. The van der Waals surface area contributed by atoms with Gasteiger partial charge in [-0.25, -0.2) is 4.79 Å². The Kier molecular flexibility index (Phi) is 5.36. The Morgan fingerprint density at radius 1 is 1.28 bits per heavy atom. The summed E-state index contributed by atoms with van der Waals surface area (Å²) in [4.78, 5) is 22.8. The standard InChI is InChI=1S/C14H19NO3/c1-3-10(2)13(14(17)18)15-12(16)9-11-7-5-4-6-8-11/h4-8,10,13H,3,9H2,1-2H3,(H,15,16)(H,17,18)/t10-,13+/m1/s1. The number of carboxylic acids is 1. The van der Waals surface area contributed by atoms with E-state index in [1.54, 1.807) is 0 Å². The molecule has 4 heteroatoms. The zero-order chi connectivity index (χ0) is 13.5. The Hall–Kier alpha value is -1.84. The minimum atomic E-state index is -0.981. The van der Waals surface area contributed by atoms with E-state index in [0.29, 0.717) is 6.42 Å². The molecule has 1 aromatic rings. The van der Waals surface area contributed by atoms with Crippen LogP contribution in [0.5, 0.6) is 0 Å². The molecule has 0 heterocycles. The molecule has 0 saturated heterocycles. The molecule has 0 bridgehead atoms. The lowest BCUT2D eigenvalue weighted by Gasteiger charge is -2.20. The third-order valence-electron chi connectivity index (χ3n) is 3.00. The van der Waals surface area contributed by atoms with Crippen LogP contribution in [0, 0.1) is 5.92 Å². The molecule has 2 atom stereocenters. The van der Waals surface area contributed by atoms with Gasteiger partial charge in [0.2, 0.25) is 5.91 Å². The summed E-state index contributed by atoms with van der Waals surface area (Å²) in [6.07, 6.45) is 0.920. The second-order valence-electron chi connectivity index (χ2n) is 4.43. The van der Waals surface area contributed by atoms with Crippen LogP contribution in [0.25, 0.3) is 0 Å². The fourth-order valence-electron chi connectivity index (χ4n) is 1.69. The van der Waals surface area contributed by atoms with Crippen LogP contribution in [-0.2, 0) is 16.0 Å². The lowest BCUT2D eigenvalue weighted by Crippen LogP contribution is -2.45. The number of carbonyl (C=O) groups excluding carboxylic acids is 1. The normalized spacial score (nSPS) is 13.7. The molecular formula is C14H19NO3. The van der Waals surface area contributed by atoms with E-state index in [9.17, 15) is 9.59 Å². The van der Waals surface area contributed by atoms with Gasteiger partial charge >= 0.3 is 5.97 Å². The Bertz CT molecular complexity index is 403. The summed E-state index contributed by atoms with van der Waals surface area (Å²) >= 11 is 0. The van der Waals surface area contributed by atoms with Gasteiger partial charge in [-0.15, -0.1) is 0 Å². The van der Waals surface area contributed by atoms with E-state index in [1.165, 1.54) is 0 Å². The van der Waals surface area contributed by atoms with Crippen molar-refractivity contribution in [2.45, 2.75) is 32.7 Å². The van der Waals surface area contributed by atoms with E-state index < -0.39 is 12.0 Å². The molecule has 0 spiro atoms. The number of nitrogens with one attached hydrogen (secondary N) is 1.